The van der Waals surface area contributed by atoms with Gasteiger partial charge in [-0.1, -0.05) is 0 Å². The highest BCUT2D eigenvalue weighted by Crippen LogP contribution is 2.46. The Labute approximate surface area is 72.9 Å². The van der Waals surface area contributed by atoms with Crippen molar-refractivity contribution >= 4 is 0 Å². The first-order valence-corrected chi connectivity index (χ1v) is 2.89. The molecule has 0 N–H and O–H groups in total. The third kappa shape index (κ3) is 2.25. The lowest BCUT2D eigenvalue weighted by molar-refractivity contribution is -0.427. The predicted molar refractivity (Wildman–Crippen MR) is 27.5 cm³/mol. The highest BCUT2D eigenvalue weighted by molar-refractivity contribution is 4.87. The van der Waals surface area contributed by atoms with Gasteiger partial charge in [-0.25, -0.2) is 0 Å². The molecule has 0 aliphatic heterocycles. The summed E-state index contributed by atoms with van der Waals surface area (Å²) in [6, 6.07) is 0.805. The van der Waals surface area contributed by atoms with Crippen LogP contribution >= 0.6 is 0 Å². The van der Waals surface area contributed by atoms with E-state index in [-0.39, 0.29) is 0 Å². The van der Waals surface area contributed by atoms with Gasteiger partial charge in [0.05, 0.1) is 6.07 Å². The van der Waals surface area contributed by atoms with E-state index in [0.29, 0.717) is 0 Å². The molecule has 14 heavy (non-hydrogen) atoms. The van der Waals surface area contributed by atoms with E-state index >= 15 is 0 Å². The van der Waals surface area contributed by atoms with Crippen LogP contribution in [0.2, 0.25) is 0 Å². The van der Waals surface area contributed by atoms with Crippen molar-refractivity contribution in [3.05, 3.63) is 0 Å². The Hall–Kier alpha value is -1.04. The number of rotatable bonds is 2. The Kier molecular flexibility index (Phi) is 3.34. The molecule has 0 saturated heterocycles. The van der Waals surface area contributed by atoms with Crippen LogP contribution in [0.5, 0.6) is 0 Å². The van der Waals surface area contributed by atoms with Gasteiger partial charge in [-0.15, -0.1) is 0 Å². The van der Waals surface area contributed by atoms with Crippen LogP contribution in [0.25, 0.3) is 0 Å². The number of nitrogens with zero attached hydrogens (tertiary/aromatic N) is 1. The average molecular weight is 225 g/mol. The zero-order chi connectivity index (χ0) is 11.6. The van der Waals surface area contributed by atoms with Gasteiger partial charge >= 0.3 is 18.2 Å². The molecule has 0 aliphatic rings. The van der Waals surface area contributed by atoms with Crippen LogP contribution in [0.4, 0.5) is 30.7 Å². The summed E-state index contributed by atoms with van der Waals surface area (Å²) in [5, 5.41) is 7.68. The van der Waals surface area contributed by atoms with E-state index in [2.05, 4.69) is 4.74 Å². The Morgan fingerprint density at radius 1 is 0.929 bits per heavy atom. The van der Waals surface area contributed by atoms with E-state index in [1.807, 2.05) is 0 Å². The van der Waals surface area contributed by atoms with Gasteiger partial charge in [-0.3, -0.25) is 0 Å². The number of halogens is 7. The topological polar surface area (TPSA) is 33.0 Å². The van der Waals surface area contributed by atoms with Crippen molar-refractivity contribution in [2.45, 2.75) is 18.2 Å². The molecule has 0 unspecified atom stereocenters. The Morgan fingerprint density at radius 2 is 1.29 bits per heavy atom. The van der Waals surface area contributed by atoms with E-state index in [1.54, 1.807) is 0 Å². The summed E-state index contributed by atoms with van der Waals surface area (Å²) in [6.45, 7) is -1.66. The molecule has 0 heterocycles. The summed E-state index contributed by atoms with van der Waals surface area (Å²) in [5.41, 5.74) is 0. The van der Waals surface area contributed by atoms with E-state index < -0.39 is 24.8 Å². The molecule has 0 aromatic rings. The molecule has 0 saturated carbocycles. The molecule has 0 radical (unpaired) electrons. The molecule has 9 heteroatoms. The first-order valence-electron chi connectivity index (χ1n) is 2.89. The third-order valence-corrected chi connectivity index (χ3v) is 1.06. The van der Waals surface area contributed by atoms with Crippen LogP contribution in [0.3, 0.4) is 0 Å². The van der Waals surface area contributed by atoms with E-state index in [4.69, 9.17) is 5.26 Å². The van der Waals surface area contributed by atoms with Crippen LogP contribution in [-0.2, 0) is 4.74 Å². The summed E-state index contributed by atoms with van der Waals surface area (Å²) in [7, 11) is 0. The Morgan fingerprint density at radius 3 is 1.50 bits per heavy atom. The van der Waals surface area contributed by atoms with Crippen molar-refractivity contribution in [3.8, 4) is 6.07 Å². The fourth-order valence-electron chi connectivity index (χ4n) is 0.456. The number of alkyl halides is 7. The first-order chi connectivity index (χ1) is 6.06. The minimum absolute atomic E-state index is 0.805. The molecule has 0 aromatic carbocycles. The largest absolute Gasteiger partial charge is 0.458 e. The zero-order valence-corrected chi connectivity index (χ0v) is 6.21. The van der Waals surface area contributed by atoms with E-state index in [9.17, 15) is 30.7 Å². The molecule has 2 nitrogen and oxygen atoms in total. The minimum Gasteiger partial charge on any atom is -0.317 e. The number of nitriles is 1. The molecule has 0 aromatic heterocycles. The maximum atomic E-state index is 12.4. The van der Waals surface area contributed by atoms with Crippen LogP contribution in [0, 0.1) is 11.3 Å². The van der Waals surface area contributed by atoms with Crippen LogP contribution in [0.1, 0.15) is 0 Å². The molecule has 0 amide bonds. The van der Waals surface area contributed by atoms with E-state index in [1.165, 1.54) is 0 Å². The summed E-state index contributed by atoms with van der Waals surface area (Å²) in [5.74, 6) is -5.80. The lowest BCUT2D eigenvalue weighted by atomic mass is 10.3. The van der Waals surface area contributed by atoms with Crippen molar-refractivity contribution in [1.29, 1.82) is 5.26 Å². The maximum Gasteiger partial charge on any atom is 0.458 e. The van der Waals surface area contributed by atoms with Crippen LogP contribution in [0.15, 0.2) is 0 Å². The fourth-order valence-corrected chi connectivity index (χ4v) is 0.456. The first kappa shape index (κ1) is 13.0. The summed E-state index contributed by atoms with van der Waals surface area (Å²) < 4.78 is 84.8. The van der Waals surface area contributed by atoms with Crippen molar-refractivity contribution in [2.24, 2.45) is 0 Å². The average Bonchev–Trinajstić information content (AvgIpc) is 1.95. The zero-order valence-electron chi connectivity index (χ0n) is 6.21. The summed E-state index contributed by atoms with van der Waals surface area (Å²) in [6.07, 6.45) is -12.6. The fraction of sp³-hybridized carbons (Fsp3) is 0.800. The quantitative estimate of drug-likeness (QED) is 0.675. The van der Waals surface area contributed by atoms with Gasteiger partial charge in [0.2, 0.25) is 0 Å². The Balaban J connectivity index is 4.99. The lowest BCUT2D eigenvalue weighted by Gasteiger charge is -2.28. The standard InChI is InChI=1S/C5H2F7NO/c6-3(4(7,8)9,5(10,11)12)14-2-1-13/h2H2. The molecule has 0 fully saturated rings. The van der Waals surface area contributed by atoms with Crippen LogP contribution in [-0.4, -0.2) is 24.8 Å². The highest BCUT2D eigenvalue weighted by atomic mass is 19.4. The smallest absolute Gasteiger partial charge is 0.317 e. The molecule has 0 atom stereocenters. The molecule has 0 spiro atoms. The van der Waals surface area contributed by atoms with Crippen molar-refractivity contribution in [1.82, 2.24) is 0 Å². The van der Waals surface area contributed by atoms with Crippen molar-refractivity contribution in [3.63, 3.8) is 0 Å². The molecule has 82 valence electrons. The number of hydrogen-bond acceptors (Lipinski definition) is 2. The minimum atomic E-state index is -6.28. The SMILES string of the molecule is N#CCOC(F)(C(F)(F)F)C(F)(F)F. The normalized spacial score (nSPS) is 13.9. The third-order valence-electron chi connectivity index (χ3n) is 1.06. The van der Waals surface area contributed by atoms with E-state index in [0.717, 1.165) is 6.07 Å². The second-order valence-corrected chi connectivity index (χ2v) is 2.04. The van der Waals surface area contributed by atoms with Gasteiger partial charge in [-0.2, -0.15) is 36.0 Å². The molecule has 0 rings (SSSR count). The monoisotopic (exact) mass is 225 g/mol. The Bertz CT molecular complexity index is 222. The lowest BCUT2D eigenvalue weighted by Crippen LogP contribution is -2.55. The summed E-state index contributed by atoms with van der Waals surface area (Å²) in [4.78, 5) is 0. The van der Waals surface area contributed by atoms with Crippen LogP contribution < -0.4 is 0 Å². The van der Waals surface area contributed by atoms with Crippen molar-refractivity contribution in [2.75, 3.05) is 6.61 Å². The second kappa shape index (κ2) is 3.61. The highest BCUT2D eigenvalue weighted by Gasteiger charge is 2.74. The van der Waals surface area contributed by atoms with Gasteiger partial charge < -0.3 is 4.74 Å². The van der Waals surface area contributed by atoms with Gasteiger partial charge in [0.25, 0.3) is 0 Å². The molecule has 0 bridgehead atoms. The summed E-state index contributed by atoms with van der Waals surface area (Å²) >= 11 is 0. The van der Waals surface area contributed by atoms with Gasteiger partial charge in [0.15, 0.2) is 0 Å². The van der Waals surface area contributed by atoms with Gasteiger partial charge in [-0.05, 0) is 0 Å². The maximum absolute atomic E-state index is 12.4. The van der Waals surface area contributed by atoms with Gasteiger partial charge in [0.1, 0.15) is 6.61 Å². The number of hydrogen-bond donors (Lipinski definition) is 0. The van der Waals surface area contributed by atoms with Crippen molar-refractivity contribution < 1.29 is 35.5 Å². The molecule has 0 aliphatic carbocycles. The van der Waals surface area contributed by atoms with Gasteiger partial charge in [0, 0.05) is 0 Å². The molecular weight excluding hydrogens is 223 g/mol. The number of ether oxygens (including phenoxy) is 1. The molecular formula is C5H2F7NO. The second-order valence-electron chi connectivity index (χ2n) is 2.04. The predicted octanol–water partition coefficient (Wildman–Crippen LogP) is 2.32.